The summed E-state index contributed by atoms with van der Waals surface area (Å²) in [6.45, 7) is 0.624. The SMILES string of the molecule is COCCNC(=O)[C@@H](c1ccc(O)cc1)N(Cc1cccs1)C(=O)c1snc(C(N)=O)c1N. The van der Waals surface area contributed by atoms with E-state index in [1.807, 2.05) is 17.5 Å². The number of rotatable bonds is 10. The molecule has 2 aromatic heterocycles. The molecule has 3 amide bonds. The van der Waals surface area contributed by atoms with Gasteiger partial charge >= 0.3 is 0 Å². The number of carbonyl (C=O) groups is 3. The van der Waals surface area contributed by atoms with Crippen LogP contribution in [0, 0.1) is 0 Å². The van der Waals surface area contributed by atoms with E-state index in [2.05, 4.69) is 9.69 Å². The Morgan fingerprint density at radius 2 is 1.97 bits per heavy atom. The normalized spacial score (nSPS) is 11.7. The number of amides is 3. The van der Waals surface area contributed by atoms with Crippen LogP contribution in [0.15, 0.2) is 41.8 Å². The Kier molecular flexibility index (Phi) is 7.98. The summed E-state index contributed by atoms with van der Waals surface area (Å²) in [5, 5.41) is 14.3. The van der Waals surface area contributed by atoms with E-state index in [0.717, 1.165) is 16.4 Å². The molecule has 0 unspecified atom stereocenters. The van der Waals surface area contributed by atoms with Crippen molar-refractivity contribution >= 4 is 46.3 Å². The van der Waals surface area contributed by atoms with E-state index in [1.54, 1.807) is 12.1 Å². The van der Waals surface area contributed by atoms with Gasteiger partial charge in [0.15, 0.2) is 5.69 Å². The molecule has 0 fully saturated rings. The van der Waals surface area contributed by atoms with E-state index in [0.29, 0.717) is 5.56 Å². The number of hydrogen-bond donors (Lipinski definition) is 4. The summed E-state index contributed by atoms with van der Waals surface area (Å²) in [6, 6.07) is 8.62. The van der Waals surface area contributed by atoms with E-state index in [4.69, 9.17) is 16.2 Å². The number of nitrogens with two attached hydrogens (primary N) is 2. The number of hydrogen-bond acceptors (Lipinski definition) is 9. The molecule has 0 aliphatic heterocycles. The van der Waals surface area contributed by atoms with Gasteiger partial charge in [-0.25, -0.2) is 0 Å². The number of benzene rings is 1. The zero-order chi connectivity index (χ0) is 24.0. The summed E-state index contributed by atoms with van der Waals surface area (Å²) >= 11 is 2.17. The summed E-state index contributed by atoms with van der Waals surface area (Å²) in [7, 11) is 1.51. The maximum absolute atomic E-state index is 13.7. The van der Waals surface area contributed by atoms with Crippen LogP contribution in [0.1, 0.15) is 36.6 Å². The lowest BCUT2D eigenvalue weighted by Crippen LogP contribution is -2.44. The number of thiophene rings is 1. The van der Waals surface area contributed by atoms with Crippen molar-refractivity contribution in [3.8, 4) is 5.75 Å². The predicted octanol–water partition coefficient (Wildman–Crippen LogP) is 1.74. The van der Waals surface area contributed by atoms with Crippen molar-refractivity contribution in [3.63, 3.8) is 0 Å². The van der Waals surface area contributed by atoms with Gasteiger partial charge in [-0.1, -0.05) is 18.2 Å². The molecule has 2 heterocycles. The first-order chi connectivity index (χ1) is 15.8. The number of ether oxygens (including phenoxy) is 1. The summed E-state index contributed by atoms with van der Waals surface area (Å²) in [4.78, 5) is 40.7. The van der Waals surface area contributed by atoms with Crippen LogP contribution in [0.4, 0.5) is 5.69 Å². The second-order valence-corrected chi connectivity index (χ2v) is 8.73. The van der Waals surface area contributed by atoms with E-state index < -0.39 is 23.8 Å². The van der Waals surface area contributed by atoms with E-state index in [9.17, 15) is 19.5 Å². The Labute approximate surface area is 197 Å². The van der Waals surface area contributed by atoms with Gasteiger partial charge in [0.2, 0.25) is 5.91 Å². The minimum absolute atomic E-state index is 0.00817. The van der Waals surface area contributed by atoms with Gasteiger partial charge < -0.3 is 31.5 Å². The number of methoxy groups -OCH3 is 1. The maximum Gasteiger partial charge on any atom is 0.270 e. The third-order valence-corrected chi connectivity index (χ3v) is 6.41. The van der Waals surface area contributed by atoms with E-state index in [-0.39, 0.29) is 41.7 Å². The van der Waals surface area contributed by atoms with Crippen molar-refractivity contribution in [1.29, 1.82) is 0 Å². The molecule has 33 heavy (non-hydrogen) atoms. The van der Waals surface area contributed by atoms with Crippen LogP contribution in [0.5, 0.6) is 5.75 Å². The standard InChI is InChI=1S/C21H23N5O5S2/c1-31-9-8-24-20(29)17(12-4-6-13(27)7-5-12)26(11-14-3-2-10-32-14)21(30)18-15(22)16(19(23)28)25-33-18/h2-7,10,17,27H,8-9,11,22H2,1H3,(H2,23,28)(H,24,29)/t17-/m1/s1. The molecule has 10 nitrogen and oxygen atoms in total. The van der Waals surface area contributed by atoms with Gasteiger partial charge in [-0.05, 0) is 40.7 Å². The first-order valence-electron chi connectivity index (χ1n) is 9.77. The minimum atomic E-state index is -1.06. The average Bonchev–Trinajstić information content (AvgIpc) is 3.44. The quantitative estimate of drug-likeness (QED) is 0.315. The van der Waals surface area contributed by atoms with Gasteiger partial charge in [0.05, 0.1) is 18.8 Å². The number of phenols is 1. The molecular formula is C21H23N5O5S2. The van der Waals surface area contributed by atoms with Crippen LogP contribution >= 0.6 is 22.9 Å². The molecule has 0 aliphatic rings. The molecule has 0 spiro atoms. The molecule has 1 atom stereocenters. The highest BCUT2D eigenvalue weighted by Gasteiger charge is 2.35. The average molecular weight is 490 g/mol. The van der Waals surface area contributed by atoms with Crippen LogP contribution < -0.4 is 16.8 Å². The second kappa shape index (κ2) is 10.9. The molecule has 174 valence electrons. The minimum Gasteiger partial charge on any atom is -0.508 e. The first kappa shape index (κ1) is 24.2. The van der Waals surface area contributed by atoms with Crippen molar-refractivity contribution in [2.75, 3.05) is 26.0 Å². The summed E-state index contributed by atoms with van der Waals surface area (Å²) in [6.07, 6.45) is 0. The van der Waals surface area contributed by atoms with Crippen molar-refractivity contribution < 1.29 is 24.2 Å². The van der Waals surface area contributed by atoms with Gasteiger partial charge in [-0.3, -0.25) is 14.4 Å². The fraction of sp³-hybridized carbons (Fsp3) is 0.238. The Morgan fingerprint density at radius 3 is 2.55 bits per heavy atom. The topological polar surface area (TPSA) is 161 Å². The molecule has 6 N–H and O–H groups in total. The van der Waals surface area contributed by atoms with Gasteiger partial charge in [0.25, 0.3) is 11.8 Å². The molecule has 0 radical (unpaired) electrons. The molecule has 0 saturated carbocycles. The van der Waals surface area contributed by atoms with Gasteiger partial charge in [0, 0.05) is 18.5 Å². The highest BCUT2D eigenvalue weighted by Crippen LogP contribution is 2.31. The number of nitrogens with one attached hydrogen (secondary N) is 1. The van der Waals surface area contributed by atoms with Crippen LogP contribution in [-0.4, -0.2) is 52.4 Å². The first-order valence-corrected chi connectivity index (χ1v) is 11.4. The Balaban J connectivity index is 2.07. The smallest absolute Gasteiger partial charge is 0.270 e. The number of anilines is 1. The number of phenolic OH excluding ortho intramolecular Hbond substituents is 1. The number of primary amides is 1. The molecule has 0 bridgehead atoms. The maximum atomic E-state index is 13.7. The van der Waals surface area contributed by atoms with Crippen LogP contribution in [0.25, 0.3) is 0 Å². The van der Waals surface area contributed by atoms with Crippen LogP contribution in [0.2, 0.25) is 0 Å². The Bertz CT molecular complexity index is 1110. The molecule has 0 aliphatic carbocycles. The zero-order valence-corrected chi connectivity index (χ0v) is 19.3. The molecular weight excluding hydrogens is 466 g/mol. The largest absolute Gasteiger partial charge is 0.508 e. The third-order valence-electron chi connectivity index (χ3n) is 4.70. The zero-order valence-electron chi connectivity index (χ0n) is 17.7. The highest BCUT2D eigenvalue weighted by molar-refractivity contribution is 7.10. The number of nitrogens with zero attached hydrogens (tertiary/aromatic N) is 2. The predicted molar refractivity (Wildman–Crippen MR) is 125 cm³/mol. The molecule has 3 rings (SSSR count). The molecule has 3 aromatic rings. The number of aromatic hydroxyl groups is 1. The number of aromatic nitrogens is 1. The lowest BCUT2D eigenvalue weighted by atomic mass is 10.0. The lowest BCUT2D eigenvalue weighted by molar-refractivity contribution is -0.126. The summed E-state index contributed by atoms with van der Waals surface area (Å²) < 4.78 is 8.92. The highest BCUT2D eigenvalue weighted by atomic mass is 32.1. The summed E-state index contributed by atoms with van der Waals surface area (Å²) in [5.41, 5.74) is 11.5. The van der Waals surface area contributed by atoms with Crippen molar-refractivity contribution in [1.82, 2.24) is 14.6 Å². The molecule has 12 heteroatoms. The van der Waals surface area contributed by atoms with E-state index in [1.165, 1.54) is 35.5 Å². The fourth-order valence-electron chi connectivity index (χ4n) is 3.11. The fourth-order valence-corrected chi connectivity index (χ4v) is 4.58. The third kappa shape index (κ3) is 5.66. The second-order valence-electron chi connectivity index (χ2n) is 6.93. The lowest BCUT2D eigenvalue weighted by Gasteiger charge is -2.31. The van der Waals surface area contributed by atoms with Crippen molar-refractivity contribution in [3.05, 3.63) is 62.8 Å². The monoisotopic (exact) mass is 489 g/mol. The van der Waals surface area contributed by atoms with Crippen molar-refractivity contribution in [2.24, 2.45) is 5.73 Å². The van der Waals surface area contributed by atoms with Crippen LogP contribution in [-0.2, 0) is 16.1 Å². The Morgan fingerprint density at radius 1 is 1.24 bits per heavy atom. The number of carbonyl (C=O) groups excluding carboxylic acids is 3. The van der Waals surface area contributed by atoms with Crippen LogP contribution in [0.3, 0.4) is 0 Å². The van der Waals surface area contributed by atoms with Gasteiger partial charge in [-0.15, -0.1) is 11.3 Å². The summed E-state index contributed by atoms with van der Waals surface area (Å²) in [5.74, 6) is -1.85. The van der Waals surface area contributed by atoms with Gasteiger partial charge in [0.1, 0.15) is 16.7 Å². The van der Waals surface area contributed by atoms with E-state index >= 15 is 0 Å². The molecule has 0 saturated heterocycles. The molecule has 1 aromatic carbocycles. The van der Waals surface area contributed by atoms with Gasteiger partial charge in [-0.2, -0.15) is 4.37 Å². The number of nitrogen functional groups attached to an aromatic ring is 1. The Hall–Kier alpha value is -3.48. The van der Waals surface area contributed by atoms with Crippen molar-refractivity contribution in [2.45, 2.75) is 12.6 Å².